The minimum absolute atomic E-state index is 0.0628. The maximum absolute atomic E-state index is 13.2. The number of nitrogens with one attached hydrogen (secondary N) is 2. The van der Waals surface area contributed by atoms with E-state index < -0.39 is 15.9 Å². The van der Waals surface area contributed by atoms with Crippen LogP contribution in [0.4, 0.5) is 11.4 Å². The summed E-state index contributed by atoms with van der Waals surface area (Å²) in [5.74, 6) is -0.516. The molecule has 9 heteroatoms. The predicted octanol–water partition coefficient (Wildman–Crippen LogP) is 2.67. The Kier molecular flexibility index (Phi) is 5.72. The Morgan fingerprint density at radius 1 is 1.19 bits per heavy atom. The molecule has 0 bridgehead atoms. The maximum atomic E-state index is 13.2. The largest absolute Gasteiger partial charge is 0.482 e. The molecule has 0 radical (unpaired) electrons. The van der Waals surface area contributed by atoms with Crippen molar-refractivity contribution in [3.8, 4) is 5.75 Å². The normalized spacial score (nSPS) is 19.2. The second kappa shape index (κ2) is 8.32. The van der Waals surface area contributed by atoms with Crippen LogP contribution in [-0.2, 0) is 19.6 Å². The van der Waals surface area contributed by atoms with Gasteiger partial charge in [0.15, 0.2) is 6.61 Å². The van der Waals surface area contributed by atoms with Crippen molar-refractivity contribution in [3.05, 3.63) is 47.5 Å². The number of rotatable bonds is 4. The second-order valence-corrected chi connectivity index (χ2v) is 9.89. The Labute approximate surface area is 181 Å². The van der Waals surface area contributed by atoms with Crippen molar-refractivity contribution in [2.45, 2.75) is 31.6 Å². The van der Waals surface area contributed by atoms with Gasteiger partial charge in [-0.15, -0.1) is 0 Å². The fraction of sp³-hybridized carbons (Fsp3) is 0.364. The zero-order chi connectivity index (χ0) is 22.2. The summed E-state index contributed by atoms with van der Waals surface area (Å²) in [7, 11) is -3.82. The number of carbonyl (C=O) groups excluding carboxylic acids is 2. The third-order valence-corrected chi connectivity index (χ3v) is 7.57. The van der Waals surface area contributed by atoms with E-state index >= 15 is 0 Å². The van der Waals surface area contributed by atoms with E-state index in [4.69, 9.17) is 4.74 Å². The highest BCUT2D eigenvalue weighted by Crippen LogP contribution is 2.32. The highest BCUT2D eigenvalue weighted by molar-refractivity contribution is 7.89. The first-order valence-electron chi connectivity index (χ1n) is 10.2. The number of hydrogen-bond acceptors (Lipinski definition) is 5. The van der Waals surface area contributed by atoms with Gasteiger partial charge in [-0.1, -0.05) is 18.2 Å². The lowest BCUT2D eigenvalue weighted by Gasteiger charge is -2.31. The monoisotopic (exact) mass is 443 g/mol. The van der Waals surface area contributed by atoms with E-state index in [-0.39, 0.29) is 29.9 Å². The Bertz CT molecular complexity index is 1130. The van der Waals surface area contributed by atoms with Crippen LogP contribution in [0.3, 0.4) is 0 Å². The third kappa shape index (κ3) is 4.28. The summed E-state index contributed by atoms with van der Waals surface area (Å²) in [6, 6.07) is 10.2. The van der Waals surface area contributed by atoms with Gasteiger partial charge in [0.2, 0.25) is 15.9 Å². The Morgan fingerprint density at radius 2 is 1.94 bits per heavy atom. The molecule has 2 amide bonds. The van der Waals surface area contributed by atoms with Gasteiger partial charge in [-0.25, -0.2) is 8.42 Å². The number of hydrogen-bond donors (Lipinski definition) is 2. The molecule has 2 aliphatic heterocycles. The summed E-state index contributed by atoms with van der Waals surface area (Å²) < 4.78 is 33.1. The van der Waals surface area contributed by atoms with Gasteiger partial charge >= 0.3 is 0 Å². The molecule has 4 rings (SSSR count). The molecule has 0 aliphatic carbocycles. The number of amides is 2. The minimum Gasteiger partial charge on any atom is -0.482 e. The van der Waals surface area contributed by atoms with Crippen molar-refractivity contribution in [3.63, 3.8) is 0 Å². The summed E-state index contributed by atoms with van der Waals surface area (Å²) in [5, 5.41) is 5.61. The van der Waals surface area contributed by atoms with Gasteiger partial charge in [0.05, 0.1) is 16.5 Å². The van der Waals surface area contributed by atoms with E-state index in [0.29, 0.717) is 30.8 Å². The molecule has 1 atom stereocenters. The standard InChI is InChI=1S/C22H25N3O5S/c1-14-5-3-6-15(2)21(14)24-22(27)16-7-4-10-25(12-16)31(28,29)17-8-9-19-18(11-17)23-20(26)13-30-19/h3,5-6,8-9,11,16H,4,7,10,12-13H2,1-2H3,(H,23,26)(H,24,27)/t16-/m0/s1. The quantitative estimate of drug-likeness (QED) is 0.756. The lowest BCUT2D eigenvalue weighted by molar-refractivity contribution is -0.121. The molecule has 8 nitrogen and oxygen atoms in total. The van der Waals surface area contributed by atoms with Gasteiger partial charge in [0.1, 0.15) is 5.75 Å². The van der Waals surface area contributed by atoms with E-state index in [1.54, 1.807) is 0 Å². The van der Waals surface area contributed by atoms with E-state index in [0.717, 1.165) is 16.8 Å². The predicted molar refractivity (Wildman–Crippen MR) is 117 cm³/mol. The number of benzene rings is 2. The lowest BCUT2D eigenvalue weighted by Crippen LogP contribution is -2.43. The molecule has 164 valence electrons. The van der Waals surface area contributed by atoms with Crippen LogP contribution in [0.2, 0.25) is 0 Å². The number of aryl methyl sites for hydroxylation is 2. The first-order chi connectivity index (χ1) is 14.8. The first kappa shape index (κ1) is 21.3. The van der Waals surface area contributed by atoms with Gasteiger partial charge in [-0.3, -0.25) is 9.59 Å². The molecule has 0 spiro atoms. The molecule has 2 aromatic rings. The molecule has 2 aliphatic rings. The van der Waals surface area contributed by atoms with E-state index in [1.165, 1.54) is 22.5 Å². The van der Waals surface area contributed by atoms with Crippen LogP contribution in [0.15, 0.2) is 41.3 Å². The molecule has 2 aromatic carbocycles. The van der Waals surface area contributed by atoms with Crippen LogP contribution in [0.5, 0.6) is 5.75 Å². The molecule has 2 N–H and O–H groups in total. The highest BCUT2D eigenvalue weighted by atomic mass is 32.2. The van der Waals surface area contributed by atoms with Crippen molar-refractivity contribution in [1.82, 2.24) is 4.31 Å². The SMILES string of the molecule is Cc1cccc(C)c1NC(=O)[C@H]1CCCN(S(=O)(=O)c2ccc3c(c2)NC(=O)CO3)C1. The molecule has 2 heterocycles. The van der Waals surface area contributed by atoms with Gasteiger partial charge in [-0.05, 0) is 56.0 Å². The molecule has 0 aromatic heterocycles. The summed E-state index contributed by atoms with van der Waals surface area (Å²) in [6.07, 6.45) is 1.21. The van der Waals surface area contributed by atoms with Crippen molar-refractivity contribution in [2.24, 2.45) is 5.92 Å². The van der Waals surface area contributed by atoms with Crippen LogP contribution >= 0.6 is 0 Å². The number of carbonyl (C=O) groups is 2. The molecule has 31 heavy (non-hydrogen) atoms. The van der Waals surface area contributed by atoms with Crippen LogP contribution < -0.4 is 15.4 Å². The van der Waals surface area contributed by atoms with Crippen LogP contribution in [0.25, 0.3) is 0 Å². The molecular weight excluding hydrogens is 418 g/mol. The van der Waals surface area contributed by atoms with Crippen molar-refractivity contribution in [2.75, 3.05) is 30.3 Å². The minimum atomic E-state index is -3.82. The van der Waals surface area contributed by atoms with Gasteiger partial charge < -0.3 is 15.4 Å². The smallest absolute Gasteiger partial charge is 0.262 e. The van der Waals surface area contributed by atoms with Gasteiger partial charge in [0, 0.05) is 18.8 Å². The topological polar surface area (TPSA) is 105 Å². The van der Waals surface area contributed by atoms with E-state index in [2.05, 4.69) is 10.6 Å². The van der Waals surface area contributed by atoms with E-state index in [9.17, 15) is 18.0 Å². The van der Waals surface area contributed by atoms with Crippen LogP contribution in [0, 0.1) is 19.8 Å². The fourth-order valence-corrected chi connectivity index (χ4v) is 5.53. The zero-order valence-corrected chi connectivity index (χ0v) is 18.3. The van der Waals surface area contributed by atoms with Crippen molar-refractivity contribution >= 4 is 33.2 Å². The average molecular weight is 444 g/mol. The zero-order valence-electron chi connectivity index (χ0n) is 17.5. The number of anilines is 2. The number of fused-ring (bicyclic) bond motifs is 1. The van der Waals surface area contributed by atoms with Crippen molar-refractivity contribution in [1.29, 1.82) is 0 Å². The molecular formula is C22H25N3O5S. The van der Waals surface area contributed by atoms with Crippen LogP contribution in [0.1, 0.15) is 24.0 Å². The van der Waals surface area contributed by atoms with Gasteiger partial charge in [0.25, 0.3) is 5.91 Å². The molecule has 0 saturated carbocycles. The molecule has 1 saturated heterocycles. The third-order valence-electron chi connectivity index (χ3n) is 5.71. The summed E-state index contributed by atoms with van der Waals surface area (Å²) in [6.45, 7) is 4.22. The van der Waals surface area contributed by atoms with E-state index in [1.807, 2.05) is 32.0 Å². The fourth-order valence-electron chi connectivity index (χ4n) is 3.98. The first-order valence-corrected chi connectivity index (χ1v) is 11.6. The maximum Gasteiger partial charge on any atom is 0.262 e. The summed E-state index contributed by atoms with van der Waals surface area (Å²) in [4.78, 5) is 24.5. The average Bonchev–Trinajstić information content (AvgIpc) is 2.75. The molecule has 0 unspecified atom stereocenters. The Balaban J connectivity index is 1.52. The Morgan fingerprint density at radius 3 is 2.68 bits per heavy atom. The lowest BCUT2D eigenvalue weighted by atomic mass is 9.98. The van der Waals surface area contributed by atoms with Crippen LogP contribution in [-0.4, -0.2) is 44.2 Å². The number of nitrogens with zero attached hydrogens (tertiary/aromatic N) is 1. The number of para-hydroxylation sites is 1. The summed E-state index contributed by atoms with van der Waals surface area (Å²) in [5.41, 5.74) is 3.04. The molecule has 1 fully saturated rings. The Hall–Kier alpha value is -2.91. The summed E-state index contributed by atoms with van der Waals surface area (Å²) >= 11 is 0. The second-order valence-electron chi connectivity index (χ2n) is 7.95. The van der Waals surface area contributed by atoms with Crippen molar-refractivity contribution < 1.29 is 22.7 Å². The number of sulfonamides is 1. The number of ether oxygens (including phenoxy) is 1. The highest BCUT2D eigenvalue weighted by Gasteiger charge is 2.34. The van der Waals surface area contributed by atoms with Gasteiger partial charge in [-0.2, -0.15) is 4.31 Å². The number of piperidine rings is 1.